The topological polar surface area (TPSA) is 29.1 Å². The smallest absolute Gasteiger partial charge is 0.243 e. The van der Waals surface area contributed by atoms with Gasteiger partial charge in [-0.15, -0.1) is 0 Å². The van der Waals surface area contributed by atoms with Crippen molar-refractivity contribution in [3.63, 3.8) is 0 Å². The fourth-order valence-corrected chi connectivity index (χ4v) is 2.46. The summed E-state index contributed by atoms with van der Waals surface area (Å²) in [6.07, 6.45) is 6.29. The van der Waals surface area contributed by atoms with E-state index >= 15 is 0 Å². The summed E-state index contributed by atoms with van der Waals surface area (Å²) < 4.78 is 0. The zero-order valence-corrected chi connectivity index (χ0v) is 14.3. The largest absolute Gasteiger partial charge is 0.353 e. The lowest BCUT2D eigenvalue weighted by Gasteiger charge is -2.03. The average molecular weight is 348 g/mol. The van der Waals surface area contributed by atoms with E-state index < -0.39 is 0 Å². The Balaban J connectivity index is 1.66. The molecule has 4 heteroatoms. The maximum absolute atomic E-state index is 11.7. The molecular weight excluding hydrogens is 329 g/mol. The summed E-state index contributed by atoms with van der Waals surface area (Å²) in [7, 11) is 0. The van der Waals surface area contributed by atoms with Gasteiger partial charge in [-0.3, -0.25) is 4.79 Å². The third-order valence-corrected chi connectivity index (χ3v) is 4.14. The first-order valence-electron chi connectivity index (χ1n) is 7.60. The van der Waals surface area contributed by atoms with Crippen molar-refractivity contribution in [3.05, 3.63) is 75.8 Å². The molecule has 0 aromatic heterocycles. The fraction of sp³-hybridized carbons (Fsp3) is 0.211. The molecule has 0 heterocycles. The van der Waals surface area contributed by atoms with Crippen molar-refractivity contribution in [2.24, 2.45) is 0 Å². The van der Waals surface area contributed by atoms with E-state index in [1.165, 1.54) is 11.6 Å². The van der Waals surface area contributed by atoms with Gasteiger partial charge in [-0.2, -0.15) is 0 Å². The molecule has 1 amide bonds. The molecule has 2 rings (SSSR count). The van der Waals surface area contributed by atoms with E-state index in [0.717, 1.165) is 24.8 Å². The first-order chi connectivity index (χ1) is 11.1. The van der Waals surface area contributed by atoms with Crippen molar-refractivity contribution in [3.8, 4) is 0 Å². The molecule has 0 aliphatic rings. The predicted octanol–water partition coefficient (Wildman–Crippen LogP) is 5.15. The molecule has 2 nitrogen and oxygen atoms in total. The standard InChI is InChI=1S/C19H19Cl2NO/c20-17-11-9-16(14-18(17)21)10-12-19(23)22-13-5-4-8-15-6-2-1-3-7-15/h1-3,6-7,9-12,14H,4-5,8,13H2,(H,22,23). The third kappa shape index (κ3) is 6.47. The van der Waals surface area contributed by atoms with Gasteiger partial charge in [0, 0.05) is 12.6 Å². The summed E-state index contributed by atoms with van der Waals surface area (Å²) in [5.74, 6) is -0.101. The van der Waals surface area contributed by atoms with Gasteiger partial charge in [0.1, 0.15) is 0 Å². The normalized spacial score (nSPS) is 10.9. The Morgan fingerprint density at radius 1 is 1.00 bits per heavy atom. The summed E-state index contributed by atoms with van der Waals surface area (Å²) in [5, 5.41) is 3.87. The lowest BCUT2D eigenvalue weighted by molar-refractivity contribution is -0.116. The molecule has 0 aliphatic carbocycles. The SMILES string of the molecule is O=C(C=Cc1ccc(Cl)c(Cl)c1)NCCCCc1ccccc1. The van der Waals surface area contributed by atoms with Crippen molar-refractivity contribution in [1.82, 2.24) is 5.32 Å². The van der Waals surface area contributed by atoms with E-state index in [2.05, 4.69) is 17.4 Å². The summed E-state index contributed by atoms with van der Waals surface area (Å²) in [4.78, 5) is 11.7. The number of hydrogen-bond donors (Lipinski definition) is 1. The monoisotopic (exact) mass is 347 g/mol. The number of aryl methyl sites for hydroxylation is 1. The highest BCUT2D eigenvalue weighted by Crippen LogP contribution is 2.23. The molecule has 0 saturated heterocycles. The summed E-state index contributed by atoms with van der Waals surface area (Å²) in [5.41, 5.74) is 2.18. The van der Waals surface area contributed by atoms with Crippen LogP contribution in [0.15, 0.2) is 54.6 Å². The van der Waals surface area contributed by atoms with Crippen molar-refractivity contribution in [1.29, 1.82) is 0 Å². The summed E-state index contributed by atoms with van der Waals surface area (Å²) in [6, 6.07) is 15.6. The molecule has 2 aromatic carbocycles. The Labute approximate surface area is 147 Å². The average Bonchev–Trinajstić information content (AvgIpc) is 2.56. The van der Waals surface area contributed by atoms with E-state index in [0.29, 0.717) is 16.6 Å². The minimum absolute atomic E-state index is 0.101. The highest BCUT2D eigenvalue weighted by atomic mass is 35.5. The van der Waals surface area contributed by atoms with Crippen LogP contribution < -0.4 is 5.32 Å². The first-order valence-corrected chi connectivity index (χ1v) is 8.35. The number of hydrogen-bond acceptors (Lipinski definition) is 1. The fourth-order valence-electron chi connectivity index (χ4n) is 2.16. The number of amides is 1. The predicted molar refractivity (Wildman–Crippen MR) is 97.9 cm³/mol. The molecule has 0 unspecified atom stereocenters. The number of rotatable bonds is 7. The highest BCUT2D eigenvalue weighted by Gasteiger charge is 1.99. The van der Waals surface area contributed by atoms with Crippen molar-refractivity contribution < 1.29 is 4.79 Å². The second-order valence-electron chi connectivity index (χ2n) is 5.24. The zero-order valence-electron chi connectivity index (χ0n) is 12.8. The van der Waals surface area contributed by atoms with Gasteiger partial charge in [-0.05, 0) is 48.6 Å². The Morgan fingerprint density at radius 2 is 1.78 bits per heavy atom. The van der Waals surface area contributed by atoms with Gasteiger partial charge >= 0.3 is 0 Å². The van der Waals surface area contributed by atoms with Crippen LogP contribution >= 0.6 is 23.2 Å². The molecule has 0 saturated carbocycles. The van der Waals surface area contributed by atoms with E-state index in [1.54, 1.807) is 18.2 Å². The molecule has 0 bridgehead atoms. The molecule has 0 atom stereocenters. The molecule has 1 N–H and O–H groups in total. The lowest BCUT2D eigenvalue weighted by atomic mass is 10.1. The quantitative estimate of drug-likeness (QED) is 0.544. The van der Waals surface area contributed by atoms with Crippen LogP contribution in [0.25, 0.3) is 6.08 Å². The van der Waals surface area contributed by atoms with Crippen LogP contribution in [0.1, 0.15) is 24.0 Å². The summed E-state index contributed by atoms with van der Waals surface area (Å²) in [6.45, 7) is 0.678. The van der Waals surface area contributed by atoms with Gasteiger partial charge in [0.05, 0.1) is 10.0 Å². The molecule has 0 radical (unpaired) electrons. The third-order valence-electron chi connectivity index (χ3n) is 3.41. The van der Waals surface area contributed by atoms with Crippen LogP contribution in [0, 0.1) is 0 Å². The van der Waals surface area contributed by atoms with Gasteiger partial charge in [0.15, 0.2) is 0 Å². The highest BCUT2D eigenvalue weighted by molar-refractivity contribution is 6.42. The van der Waals surface area contributed by atoms with E-state index in [4.69, 9.17) is 23.2 Å². The molecular formula is C19H19Cl2NO. The number of carbonyl (C=O) groups is 1. The number of nitrogens with one attached hydrogen (secondary N) is 1. The van der Waals surface area contributed by atoms with E-state index in [-0.39, 0.29) is 5.91 Å². The number of unbranched alkanes of at least 4 members (excludes halogenated alkanes) is 1. The number of benzene rings is 2. The van der Waals surface area contributed by atoms with Gasteiger partial charge in [-0.25, -0.2) is 0 Å². The first kappa shape index (κ1) is 17.6. The number of halogens is 2. The van der Waals surface area contributed by atoms with Gasteiger partial charge in [0.2, 0.25) is 5.91 Å². The second-order valence-corrected chi connectivity index (χ2v) is 6.06. The Bertz CT molecular complexity index is 668. The molecule has 0 spiro atoms. The van der Waals surface area contributed by atoms with Crippen LogP contribution in [0.2, 0.25) is 10.0 Å². The Hall–Kier alpha value is -1.77. The number of carbonyl (C=O) groups excluding carboxylic acids is 1. The maximum atomic E-state index is 11.7. The van der Waals surface area contributed by atoms with Gasteiger partial charge in [-0.1, -0.05) is 59.6 Å². The molecule has 2 aromatic rings. The minimum Gasteiger partial charge on any atom is -0.353 e. The lowest BCUT2D eigenvalue weighted by Crippen LogP contribution is -2.22. The van der Waals surface area contributed by atoms with Crippen molar-refractivity contribution >= 4 is 35.2 Å². The molecule has 0 aliphatic heterocycles. The molecule has 0 fully saturated rings. The van der Waals surface area contributed by atoms with Gasteiger partial charge in [0.25, 0.3) is 0 Å². The summed E-state index contributed by atoms with van der Waals surface area (Å²) >= 11 is 11.8. The Morgan fingerprint density at radius 3 is 2.52 bits per heavy atom. The Kier molecular flexibility index (Phi) is 7.18. The van der Waals surface area contributed by atoms with Gasteiger partial charge < -0.3 is 5.32 Å². The second kappa shape index (κ2) is 9.39. The van der Waals surface area contributed by atoms with E-state index in [9.17, 15) is 4.79 Å². The van der Waals surface area contributed by atoms with E-state index in [1.807, 2.05) is 24.3 Å². The van der Waals surface area contributed by atoms with Crippen LogP contribution in [0.5, 0.6) is 0 Å². The van der Waals surface area contributed by atoms with Crippen molar-refractivity contribution in [2.45, 2.75) is 19.3 Å². The zero-order chi connectivity index (χ0) is 16.5. The maximum Gasteiger partial charge on any atom is 0.243 e. The molecule has 120 valence electrons. The van der Waals surface area contributed by atoms with Crippen LogP contribution in [-0.4, -0.2) is 12.5 Å². The van der Waals surface area contributed by atoms with Crippen LogP contribution in [-0.2, 0) is 11.2 Å². The minimum atomic E-state index is -0.101. The van der Waals surface area contributed by atoms with Crippen LogP contribution in [0.3, 0.4) is 0 Å². The van der Waals surface area contributed by atoms with Crippen molar-refractivity contribution in [2.75, 3.05) is 6.54 Å². The molecule has 23 heavy (non-hydrogen) atoms. The van der Waals surface area contributed by atoms with Crippen LogP contribution in [0.4, 0.5) is 0 Å².